The van der Waals surface area contributed by atoms with Crippen LogP contribution >= 0.6 is 0 Å². The van der Waals surface area contributed by atoms with Crippen LogP contribution in [0.4, 0.5) is 0 Å². The van der Waals surface area contributed by atoms with Crippen LogP contribution in [-0.4, -0.2) is 49.6 Å². The smallest absolute Gasteiger partial charge is 0.309 e. The lowest BCUT2D eigenvalue weighted by Crippen LogP contribution is -2.66. The molecule has 0 radical (unpaired) electrons. The zero-order chi connectivity index (χ0) is 35.5. The average molecular weight is 669 g/mol. The highest BCUT2D eigenvalue weighted by molar-refractivity contribution is 6.78. The van der Waals surface area contributed by atoms with Gasteiger partial charge in [-0.25, -0.2) is 0 Å². The number of hydrogen-bond acceptors (Lipinski definition) is 4. The van der Waals surface area contributed by atoms with Crippen LogP contribution in [0.15, 0.2) is 0 Å². The lowest BCUT2D eigenvalue weighted by molar-refractivity contribution is -0.233. The van der Waals surface area contributed by atoms with E-state index in [1.54, 1.807) is 13.8 Å². The van der Waals surface area contributed by atoms with Crippen LogP contribution in [-0.2, 0) is 18.4 Å². The van der Waals surface area contributed by atoms with Gasteiger partial charge in [-0.3, -0.25) is 9.59 Å². The number of hydrogen-bond donors (Lipinski definition) is 2. The fourth-order valence-corrected chi connectivity index (χ4v) is 19.3. The largest absolute Gasteiger partial charge is 0.481 e. The third kappa shape index (κ3) is 8.48. The van der Waals surface area contributed by atoms with E-state index in [1.165, 1.54) is 0 Å². The molecule has 0 spiro atoms. The van der Waals surface area contributed by atoms with Crippen molar-refractivity contribution >= 4 is 28.6 Å². The maximum atomic E-state index is 12.8. The van der Waals surface area contributed by atoms with Crippen LogP contribution in [0.3, 0.4) is 0 Å². The first-order chi connectivity index (χ1) is 19.8. The highest BCUT2D eigenvalue weighted by Gasteiger charge is 2.70. The Labute approximate surface area is 279 Å². The Bertz CT molecular complexity index is 1070. The second-order valence-corrected chi connectivity index (χ2v) is 28.9. The van der Waals surface area contributed by atoms with Gasteiger partial charge in [0.05, 0.1) is 16.1 Å². The van der Waals surface area contributed by atoms with Gasteiger partial charge in [-0.05, 0) is 147 Å². The number of carbonyl (C=O) groups is 2. The second kappa shape index (κ2) is 12.3. The van der Waals surface area contributed by atoms with E-state index in [9.17, 15) is 19.8 Å². The predicted octanol–water partition coefficient (Wildman–Crippen LogP) is 10.6. The molecule has 3 saturated carbocycles. The molecule has 3 aliphatic rings. The molecular formula is C37H72O6Si2. The average Bonchev–Trinajstić information content (AvgIpc) is 2.73. The van der Waals surface area contributed by atoms with Crippen molar-refractivity contribution < 1.29 is 28.7 Å². The van der Waals surface area contributed by atoms with Crippen molar-refractivity contribution in [3.8, 4) is 0 Å². The highest BCUT2D eigenvalue weighted by Crippen LogP contribution is 2.75. The molecule has 7 atom stereocenters. The van der Waals surface area contributed by atoms with E-state index >= 15 is 0 Å². The fraction of sp³-hybridized carbons (Fsp3) is 0.946. The van der Waals surface area contributed by atoms with Crippen molar-refractivity contribution in [1.29, 1.82) is 0 Å². The van der Waals surface area contributed by atoms with Gasteiger partial charge in [-0.1, -0.05) is 54.4 Å². The molecule has 0 aliphatic heterocycles. The summed E-state index contributed by atoms with van der Waals surface area (Å²) >= 11 is 0. The molecule has 45 heavy (non-hydrogen) atoms. The Morgan fingerprint density at radius 1 is 0.756 bits per heavy atom. The van der Waals surface area contributed by atoms with Gasteiger partial charge in [0.15, 0.2) is 8.32 Å². The monoisotopic (exact) mass is 668 g/mol. The van der Waals surface area contributed by atoms with E-state index in [0.29, 0.717) is 12.8 Å². The van der Waals surface area contributed by atoms with E-state index in [1.807, 2.05) is 0 Å². The van der Waals surface area contributed by atoms with Gasteiger partial charge in [-0.15, -0.1) is 0 Å². The summed E-state index contributed by atoms with van der Waals surface area (Å²) in [7, 11) is -4.40. The topological polar surface area (TPSA) is 93.1 Å². The number of carboxylic acid groups (broad SMARTS) is 2. The molecule has 7 unspecified atom stereocenters. The molecule has 3 rings (SSSR count). The minimum atomic E-state index is -2.53. The molecule has 3 aliphatic carbocycles. The minimum absolute atomic E-state index is 0.0378. The molecule has 3 fully saturated rings. The Kier molecular flexibility index (Phi) is 11.1. The van der Waals surface area contributed by atoms with Crippen molar-refractivity contribution in [3.05, 3.63) is 0 Å². The van der Waals surface area contributed by atoms with Crippen LogP contribution in [0, 0.1) is 38.4 Å². The zero-order valence-electron chi connectivity index (χ0n) is 32.5. The van der Waals surface area contributed by atoms with E-state index in [0.717, 1.165) is 38.1 Å². The molecule has 0 saturated heterocycles. The maximum absolute atomic E-state index is 12.8. The lowest BCUT2D eigenvalue weighted by Gasteiger charge is -2.71. The third-order valence-electron chi connectivity index (χ3n) is 11.9. The highest BCUT2D eigenvalue weighted by atomic mass is 28.4. The number of carboxylic acids is 2. The Hall–Kier alpha value is -0.706. The Balaban J connectivity index is 2.71. The molecule has 0 aromatic rings. The van der Waals surface area contributed by atoms with Crippen molar-refractivity contribution in [2.24, 2.45) is 38.4 Å². The summed E-state index contributed by atoms with van der Waals surface area (Å²) in [6, 6.07) is 0.963. The summed E-state index contributed by atoms with van der Waals surface area (Å²) in [6.45, 7) is 37.9. The van der Waals surface area contributed by atoms with Crippen molar-refractivity contribution in [1.82, 2.24) is 0 Å². The summed E-state index contributed by atoms with van der Waals surface area (Å²) in [5.41, 5.74) is -2.97. The maximum Gasteiger partial charge on any atom is 0.309 e. The van der Waals surface area contributed by atoms with E-state index in [-0.39, 0.29) is 44.8 Å². The number of aliphatic carboxylic acids is 2. The summed E-state index contributed by atoms with van der Waals surface area (Å²) in [6.07, 6.45) is 6.11. The SMILES string of the molecule is CCCC(C)(CC(C)(CC)C[Si](C)(OC(C)(C)C)C(C)(C)O[Si](C)(C)C)C1C2(C)CC(C)(C(=O)O)CC(C)(C(=O)O)CC1(C)C2. The molecule has 2 N–H and O–H groups in total. The first-order valence-electron chi connectivity index (χ1n) is 17.7. The molecule has 8 heteroatoms. The van der Waals surface area contributed by atoms with Gasteiger partial charge in [0.1, 0.15) is 0 Å². The minimum Gasteiger partial charge on any atom is -0.481 e. The molecule has 264 valence electrons. The van der Waals surface area contributed by atoms with Gasteiger partial charge in [-0.2, -0.15) is 0 Å². The second-order valence-electron chi connectivity index (χ2n) is 20.3. The van der Waals surface area contributed by atoms with Gasteiger partial charge >= 0.3 is 11.9 Å². The van der Waals surface area contributed by atoms with Gasteiger partial charge in [0.25, 0.3) is 0 Å². The van der Waals surface area contributed by atoms with Crippen molar-refractivity contribution in [2.45, 2.75) is 184 Å². The molecule has 0 aromatic heterocycles. The van der Waals surface area contributed by atoms with Crippen LogP contribution < -0.4 is 0 Å². The van der Waals surface area contributed by atoms with Gasteiger partial charge in [0, 0.05) is 5.60 Å². The molecular weight excluding hydrogens is 597 g/mol. The van der Waals surface area contributed by atoms with E-state index in [4.69, 9.17) is 8.85 Å². The van der Waals surface area contributed by atoms with Crippen molar-refractivity contribution in [3.63, 3.8) is 0 Å². The summed E-state index contributed by atoms with van der Waals surface area (Å²) in [4.78, 5) is 25.7. The Morgan fingerprint density at radius 3 is 1.53 bits per heavy atom. The number of rotatable bonds is 14. The molecule has 6 nitrogen and oxygen atoms in total. The first kappa shape index (κ1) is 40.5. The van der Waals surface area contributed by atoms with E-state index < -0.39 is 39.4 Å². The molecule has 0 amide bonds. The van der Waals surface area contributed by atoms with Crippen molar-refractivity contribution in [2.75, 3.05) is 0 Å². The third-order valence-corrected chi connectivity index (χ3v) is 18.5. The molecule has 0 aromatic carbocycles. The Morgan fingerprint density at radius 2 is 1.20 bits per heavy atom. The first-order valence-corrected chi connectivity index (χ1v) is 23.7. The van der Waals surface area contributed by atoms with Gasteiger partial charge < -0.3 is 19.1 Å². The summed E-state index contributed by atoms with van der Waals surface area (Å²) in [5, 5.41) is 20.7. The normalized spacial score (nSPS) is 35.2. The standard InChI is InChI=1S/C37H72O6Si2/c1-18-20-33(9,21-32(8,19-2)26-45(17,42-30(3,4)5)31(6,7)43-44(14,15)16)27-34(10)22-35(27,11)24-37(13,29(40)41)25-36(12,23-34)28(38)39/h27H,18-26H2,1-17H3,(H,38,39)(H,40,41). The van der Waals surface area contributed by atoms with Gasteiger partial charge in [0.2, 0.25) is 8.32 Å². The summed E-state index contributed by atoms with van der Waals surface area (Å²) in [5.74, 6) is -1.53. The molecule has 0 heterocycles. The van der Waals surface area contributed by atoms with Crippen LogP contribution in [0.1, 0.15) is 141 Å². The molecule has 2 bridgehead atoms. The van der Waals surface area contributed by atoms with Crippen LogP contribution in [0.5, 0.6) is 0 Å². The lowest BCUT2D eigenvalue weighted by atomic mass is 9.33. The predicted molar refractivity (Wildman–Crippen MR) is 191 cm³/mol. The summed E-state index contributed by atoms with van der Waals surface area (Å²) < 4.78 is 14.1. The number of fused-ring (bicyclic) bond motifs is 4. The zero-order valence-corrected chi connectivity index (χ0v) is 34.5. The van der Waals surface area contributed by atoms with E-state index in [2.05, 4.69) is 102 Å². The van der Waals surface area contributed by atoms with Crippen LogP contribution in [0.25, 0.3) is 0 Å². The fourth-order valence-electron chi connectivity index (χ4n) is 11.8. The van der Waals surface area contributed by atoms with Crippen LogP contribution in [0.2, 0.25) is 32.2 Å². The quantitative estimate of drug-likeness (QED) is 0.179.